The summed E-state index contributed by atoms with van der Waals surface area (Å²) in [5.41, 5.74) is 2.83. The molecule has 0 aliphatic rings. The first-order valence-electron chi connectivity index (χ1n) is 6.19. The van der Waals surface area contributed by atoms with Crippen molar-refractivity contribution in [2.45, 2.75) is 25.5 Å². The third kappa shape index (κ3) is 4.46. The minimum atomic E-state index is -0.0701. The average molecular weight is 376 g/mol. The molecule has 2 atom stereocenters. The Morgan fingerprint density at radius 1 is 1.45 bits per heavy atom. The molecule has 3 nitrogen and oxygen atoms in total. The summed E-state index contributed by atoms with van der Waals surface area (Å²) >= 11 is 11.1. The van der Waals surface area contributed by atoms with Gasteiger partial charge in [-0.05, 0) is 47.1 Å². The highest BCUT2D eigenvalue weighted by Gasteiger charge is 2.19. The van der Waals surface area contributed by atoms with Crippen LogP contribution in [0, 0.1) is 0 Å². The molecule has 2 rings (SSSR count). The van der Waals surface area contributed by atoms with E-state index in [1.807, 2.05) is 25.1 Å². The third-order valence-corrected chi connectivity index (χ3v) is 4.90. The maximum absolute atomic E-state index is 5.95. The minimum Gasteiger partial charge on any atom is -0.489 e. The molecule has 3 N–H and O–H groups in total. The van der Waals surface area contributed by atoms with Gasteiger partial charge in [0.05, 0.1) is 6.04 Å². The molecule has 0 aliphatic carbocycles. The van der Waals surface area contributed by atoms with Crippen LogP contribution in [0.1, 0.15) is 11.8 Å². The van der Waals surface area contributed by atoms with Crippen molar-refractivity contribution in [2.24, 2.45) is 5.84 Å². The average Bonchev–Trinajstić information content (AvgIpc) is 2.81. The van der Waals surface area contributed by atoms with Crippen LogP contribution in [-0.2, 0) is 6.42 Å². The fraction of sp³-hybridized carbons (Fsp3) is 0.286. The molecule has 0 bridgehead atoms. The van der Waals surface area contributed by atoms with Gasteiger partial charge in [0.1, 0.15) is 11.9 Å². The molecule has 1 heterocycles. The monoisotopic (exact) mass is 374 g/mol. The van der Waals surface area contributed by atoms with Crippen LogP contribution in [-0.4, -0.2) is 12.1 Å². The first-order chi connectivity index (χ1) is 9.58. The van der Waals surface area contributed by atoms with E-state index in [0.29, 0.717) is 5.02 Å². The van der Waals surface area contributed by atoms with Crippen molar-refractivity contribution in [2.75, 3.05) is 0 Å². The van der Waals surface area contributed by atoms with Gasteiger partial charge >= 0.3 is 0 Å². The van der Waals surface area contributed by atoms with E-state index in [1.165, 1.54) is 4.88 Å². The van der Waals surface area contributed by atoms with Crippen LogP contribution in [0.2, 0.25) is 5.02 Å². The normalized spacial score (nSPS) is 14.0. The van der Waals surface area contributed by atoms with Crippen LogP contribution in [0.5, 0.6) is 5.75 Å². The van der Waals surface area contributed by atoms with Gasteiger partial charge in [-0.2, -0.15) is 0 Å². The van der Waals surface area contributed by atoms with Crippen molar-refractivity contribution in [1.29, 1.82) is 0 Å². The molecule has 0 aliphatic heterocycles. The summed E-state index contributed by atoms with van der Waals surface area (Å²) in [5.74, 6) is 6.40. The number of halogens is 2. The Morgan fingerprint density at radius 3 is 2.85 bits per heavy atom. The van der Waals surface area contributed by atoms with E-state index in [4.69, 9.17) is 22.2 Å². The number of rotatable bonds is 6. The maximum atomic E-state index is 5.95. The van der Waals surface area contributed by atoms with Crippen LogP contribution in [0.25, 0.3) is 0 Å². The first-order valence-corrected chi connectivity index (χ1v) is 8.25. The van der Waals surface area contributed by atoms with E-state index < -0.39 is 0 Å². The van der Waals surface area contributed by atoms with Gasteiger partial charge in [0, 0.05) is 26.2 Å². The Hall–Kier alpha value is -0.590. The predicted molar refractivity (Wildman–Crippen MR) is 88.4 cm³/mol. The van der Waals surface area contributed by atoms with E-state index >= 15 is 0 Å². The number of thiophene rings is 1. The fourth-order valence-corrected chi connectivity index (χ4v) is 3.57. The second-order valence-electron chi connectivity index (χ2n) is 4.49. The number of hydrogen-bond donors (Lipinski definition) is 2. The van der Waals surface area contributed by atoms with E-state index in [1.54, 1.807) is 17.4 Å². The number of hydrazine groups is 1. The largest absolute Gasteiger partial charge is 0.489 e. The molecule has 0 saturated heterocycles. The molecular formula is C14H16BrClN2OS. The number of ether oxygens (including phenoxy) is 1. The van der Waals surface area contributed by atoms with Crippen LogP contribution < -0.4 is 16.0 Å². The van der Waals surface area contributed by atoms with Crippen LogP contribution >= 0.6 is 38.9 Å². The molecule has 0 saturated carbocycles. The summed E-state index contributed by atoms with van der Waals surface area (Å²) in [6, 6.07) is 9.50. The number of nitrogens with one attached hydrogen (secondary N) is 1. The third-order valence-electron chi connectivity index (χ3n) is 2.94. The quantitative estimate of drug-likeness (QED) is 0.592. The highest BCUT2D eigenvalue weighted by molar-refractivity contribution is 9.10. The van der Waals surface area contributed by atoms with Crippen LogP contribution in [0.4, 0.5) is 0 Å². The fourth-order valence-electron chi connectivity index (χ4n) is 1.88. The van der Waals surface area contributed by atoms with Crippen molar-refractivity contribution < 1.29 is 4.74 Å². The Balaban J connectivity index is 1.99. The number of nitrogens with two attached hydrogens (primary N) is 1. The molecule has 1 aromatic heterocycles. The van der Waals surface area contributed by atoms with Gasteiger partial charge in [0.25, 0.3) is 0 Å². The van der Waals surface area contributed by atoms with E-state index in [0.717, 1.165) is 16.6 Å². The molecule has 0 amide bonds. The van der Waals surface area contributed by atoms with Gasteiger partial charge in [0.15, 0.2) is 0 Å². The molecule has 2 aromatic rings. The van der Waals surface area contributed by atoms with Gasteiger partial charge in [-0.15, -0.1) is 11.3 Å². The van der Waals surface area contributed by atoms with Gasteiger partial charge < -0.3 is 4.74 Å². The Labute approximate surface area is 136 Å². The van der Waals surface area contributed by atoms with Crippen molar-refractivity contribution in [3.63, 3.8) is 0 Å². The van der Waals surface area contributed by atoms with Gasteiger partial charge in [-0.25, -0.2) is 0 Å². The molecule has 6 heteroatoms. The molecule has 1 aromatic carbocycles. The Morgan fingerprint density at radius 2 is 2.25 bits per heavy atom. The molecule has 20 heavy (non-hydrogen) atoms. The molecule has 0 radical (unpaired) electrons. The second kappa shape index (κ2) is 7.43. The topological polar surface area (TPSA) is 47.3 Å². The summed E-state index contributed by atoms with van der Waals surface area (Å²) in [7, 11) is 0. The zero-order valence-electron chi connectivity index (χ0n) is 11.0. The lowest BCUT2D eigenvalue weighted by Gasteiger charge is -2.24. The SMILES string of the molecule is CC(Oc1cccc(Cl)c1)C(Cc1cc(Br)cs1)NN. The van der Waals surface area contributed by atoms with Crippen LogP contribution in [0.3, 0.4) is 0 Å². The van der Waals surface area contributed by atoms with Gasteiger partial charge in [-0.1, -0.05) is 17.7 Å². The molecular weight excluding hydrogens is 360 g/mol. The van der Waals surface area contributed by atoms with Crippen molar-refractivity contribution >= 4 is 38.9 Å². The number of benzene rings is 1. The molecule has 0 spiro atoms. The van der Waals surface area contributed by atoms with E-state index in [-0.39, 0.29) is 12.1 Å². The summed E-state index contributed by atoms with van der Waals surface area (Å²) in [4.78, 5) is 1.25. The van der Waals surface area contributed by atoms with Crippen LogP contribution in [0.15, 0.2) is 40.2 Å². The van der Waals surface area contributed by atoms with Crippen molar-refractivity contribution in [1.82, 2.24) is 5.43 Å². The smallest absolute Gasteiger partial charge is 0.121 e. The first kappa shape index (κ1) is 15.8. The number of hydrogen-bond acceptors (Lipinski definition) is 4. The lowest BCUT2D eigenvalue weighted by atomic mass is 10.1. The van der Waals surface area contributed by atoms with Gasteiger partial charge in [0.2, 0.25) is 0 Å². The highest BCUT2D eigenvalue weighted by Crippen LogP contribution is 2.23. The second-order valence-corrected chi connectivity index (χ2v) is 6.84. The highest BCUT2D eigenvalue weighted by atomic mass is 79.9. The summed E-state index contributed by atoms with van der Waals surface area (Å²) in [5, 5.41) is 2.72. The summed E-state index contributed by atoms with van der Waals surface area (Å²) < 4.78 is 6.99. The zero-order valence-corrected chi connectivity index (χ0v) is 14.1. The predicted octanol–water partition coefficient (Wildman–Crippen LogP) is 4.01. The van der Waals surface area contributed by atoms with E-state index in [2.05, 4.69) is 32.8 Å². The van der Waals surface area contributed by atoms with Crippen molar-refractivity contribution in [3.8, 4) is 5.75 Å². The maximum Gasteiger partial charge on any atom is 0.121 e. The summed E-state index contributed by atoms with van der Waals surface area (Å²) in [6.07, 6.45) is 0.744. The minimum absolute atomic E-state index is 0.0273. The Kier molecular flexibility index (Phi) is 5.86. The molecule has 108 valence electrons. The lowest BCUT2D eigenvalue weighted by Crippen LogP contribution is -2.46. The summed E-state index contributed by atoms with van der Waals surface area (Å²) in [6.45, 7) is 1.99. The lowest BCUT2D eigenvalue weighted by molar-refractivity contribution is 0.170. The molecule has 2 unspecified atom stereocenters. The van der Waals surface area contributed by atoms with Crippen molar-refractivity contribution in [3.05, 3.63) is 50.1 Å². The molecule has 0 fully saturated rings. The zero-order chi connectivity index (χ0) is 14.5. The Bertz CT molecular complexity index is 564. The van der Waals surface area contributed by atoms with E-state index in [9.17, 15) is 0 Å². The van der Waals surface area contributed by atoms with Gasteiger partial charge in [-0.3, -0.25) is 11.3 Å². The standard InChI is InChI=1S/C14H16BrClN2OS/c1-9(19-12-4-2-3-11(16)6-12)14(18-17)7-13-5-10(15)8-20-13/h2-6,8-9,14,18H,7,17H2,1H3.